The van der Waals surface area contributed by atoms with Crippen molar-refractivity contribution in [3.05, 3.63) is 70.6 Å². The topological polar surface area (TPSA) is 87.1 Å². The smallest absolute Gasteiger partial charge is 0.406 e. The monoisotopic (exact) mass is 637 g/mol. The summed E-state index contributed by atoms with van der Waals surface area (Å²) in [5.41, 5.74) is 1.25. The summed E-state index contributed by atoms with van der Waals surface area (Å²) < 4.78 is 71.3. The first-order chi connectivity index (χ1) is 20.1. The number of hydrogen-bond acceptors (Lipinski definition) is 6. The average Bonchev–Trinajstić information content (AvgIpc) is 3.57. The molecule has 4 aliphatic carbocycles. The molecule has 0 bridgehead atoms. The third-order valence-electron chi connectivity index (χ3n) is 10.9. The second-order valence-corrected chi connectivity index (χ2v) is 16.3. The summed E-state index contributed by atoms with van der Waals surface area (Å²) in [6, 6.07) is 8.37. The number of aliphatic hydroxyl groups is 2. The summed E-state index contributed by atoms with van der Waals surface area (Å²) >= 11 is 1.09. The normalized spacial score (nSPS) is 34.2. The number of rotatable bonds is 7. The van der Waals surface area contributed by atoms with Crippen LogP contribution in [0.1, 0.15) is 64.4 Å². The Hall–Kier alpha value is -2.18. The molecule has 0 saturated heterocycles. The molecule has 0 amide bonds. The van der Waals surface area contributed by atoms with Gasteiger partial charge in [-0.2, -0.15) is 4.31 Å². The van der Waals surface area contributed by atoms with Gasteiger partial charge in [0.05, 0.1) is 11.7 Å². The first-order valence-electron chi connectivity index (χ1n) is 14.8. The summed E-state index contributed by atoms with van der Waals surface area (Å²) in [6.45, 7) is 4.18. The van der Waals surface area contributed by atoms with Crippen molar-refractivity contribution in [1.82, 2.24) is 4.31 Å². The number of fused-ring (bicyclic) bond motifs is 5. The number of aliphatic hydroxyl groups excluding tert-OH is 1. The van der Waals surface area contributed by atoms with Crippen molar-refractivity contribution in [2.75, 3.05) is 6.54 Å². The van der Waals surface area contributed by atoms with E-state index in [-0.39, 0.29) is 40.5 Å². The number of ether oxygens (including phenoxy) is 1. The highest BCUT2D eigenvalue weighted by Crippen LogP contribution is 2.66. The molecular weight excluding hydrogens is 599 g/mol. The Morgan fingerprint density at radius 2 is 1.74 bits per heavy atom. The van der Waals surface area contributed by atoms with E-state index in [9.17, 15) is 31.8 Å². The maximum atomic E-state index is 13.9. The number of allylic oxidation sites excluding steroid dienone is 3. The van der Waals surface area contributed by atoms with Gasteiger partial charge in [-0.1, -0.05) is 55.3 Å². The van der Waals surface area contributed by atoms with Crippen LogP contribution in [0.2, 0.25) is 0 Å². The minimum absolute atomic E-state index is 0.0120. The van der Waals surface area contributed by atoms with Crippen molar-refractivity contribution in [3.8, 4) is 5.75 Å². The number of halogens is 3. The standard InChI is InChI=1S/C32H38F3NO5S2/c1-29-14-11-23(37)18-22(29)7-10-25-26(29)12-15-30(2)27(25)13-16-31(30,38)20-36(43(39,40)28-4-3-17-42-28)19-21-5-8-24(9-6-21)41-32(33,34)35/h3-10,17,23,26-27,37-38H,11-16,18-20H2,1-2H3. The molecule has 2 N–H and O–H groups in total. The fourth-order valence-corrected chi connectivity index (χ4v) is 11.0. The maximum absolute atomic E-state index is 13.9. The van der Waals surface area contributed by atoms with Gasteiger partial charge in [-0.25, -0.2) is 8.42 Å². The predicted molar refractivity (Wildman–Crippen MR) is 158 cm³/mol. The lowest BCUT2D eigenvalue weighted by atomic mass is 9.50. The van der Waals surface area contributed by atoms with Gasteiger partial charge in [0.15, 0.2) is 0 Å². The Kier molecular flexibility index (Phi) is 7.69. The van der Waals surface area contributed by atoms with Crippen molar-refractivity contribution in [2.45, 2.75) is 87.6 Å². The molecule has 3 fully saturated rings. The Morgan fingerprint density at radius 1 is 1.02 bits per heavy atom. The fourth-order valence-electron chi connectivity index (χ4n) is 8.41. The van der Waals surface area contributed by atoms with Crippen LogP contribution in [-0.2, 0) is 16.6 Å². The van der Waals surface area contributed by atoms with Gasteiger partial charge in [0.2, 0.25) is 0 Å². The molecule has 6 nitrogen and oxygen atoms in total. The Balaban J connectivity index is 1.30. The first-order valence-corrected chi connectivity index (χ1v) is 17.2. The van der Waals surface area contributed by atoms with E-state index in [1.165, 1.54) is 45.8 Å². The molecule has 0 spiro atoms. The molecule has 1 aromatic heterocycles. The molecule has 6 atom stereocenters. The molecule has 43 heavy (non-hydrogen) atoms. The van der Waals surface area contributed by atoms with Gasteiger partial charge < -0.3 is 14.9 Å². The van der Waals surface area contributed by atoms with Gasteiger partial charge in [0.25, 0.3) is 10.0 Å². The van der Waals surface area contributed by atoms with Crippen molar-refractivity contribution < 1.29 is 36.5 Å². The Labute approximate surface area is 254 Å². The molecule has 2 aromatic rings. The highest BCUT2D eigenvalue weighted by Gasteiger charge is 2.62. The van der Waals surface area contributed by atoms with Crippen molar-refractivity contribution in [3.63, 3.8) is 0 Å². The maximum Gasteiger partial charge on any atom is 0.573 e. The lowest BCUT2D eigenvalue weighted by Crippen LogP contribution is -2.56. The van der Waals surface area contributed by atoms with Crippen LogP contribution in [0.4, 0.5) is 13.2 Å². The van der Waals surface area contributed by atoms with E-state index < -0.39 is 27.4 Å². The molecule has 4 aliphatic rings. The highest BCUT2D eigenvalue weighted by molar-refractivity contribution is 7.91. The largest absolute Gasteiger partial charge is 0.573 e. The van der Waals surface area contributed by atoms with E-state index in [2.05, 4.69) is 30.7 Å². The molecule has 6 unspecified atom stereocenters. The second kappa shape index (κ2) is 10.7. The molecule has 6 rings (SSSR count). The van der Waals surface area contributed by atoms with Crippen LogP contribution >= 0.6 is 11.3 Å². The predicted octanol–water partition coefficient (Wildman–Crippen LogP) is 6.81. The van der Waals surface area contributed by atoms with Crippen LogP contribution in [0.5, 0.6) is 5.75 Å². The minimum Gasteiger partial charge on any atom is -0.406 e. The van der Waals surface area contributed by atoms with Gasteiger partial charge in [-0.3, -0.25) is 0 Å². The van der Waals surface area contributed by atoms with E-state index in [1.54, 1.807) is 11.4 Å². The fraction of sp³-hybridized carbons (Fsp3) is 0.562. The number of alkyl halides is 3. The van der Waals surface area contributed by atoms with Gasteiger partial charge in [0.1, 0.15) is 9.96 Å². The molecule has 11 heteroatoms. The zero-order valence-corrected chi connectivity index (χ0v) is 25.9. The third-order valence-corrected chi connectivity index (χ3v) is 14.1. The van der Waals surface area contributed by atoms with Gasteiger partial charge >= 0.3 is 6.36 Å². The minimum atomic E-state index is -4.83. The molecule has 0 aliphatic heterocycles. The summed E-state index contributed by atoms with van der Waals surface area (Å²) in [4.78, 5) is 0. The van der Waals surface area contributed by atoms with Crippen LogP contribution in [0, 0.1) is 22.7 Å². The van der Waals surface area contributed by atoms with Gasteiger partial charge in [-0.05, 0) is 91.3 Å². The number of thiophene rings is 1. The van der Waals surface area contributed by atoms with Crippen molar-refractivity contribution >= 4 is 21.4 Å². The highest BCUT2D eigenvalue weighted by atomic mass is 32.2. The average molecular weight is 638 g/mol. The van der Waals surface area contributed by atoms with Crippen LogP contribution in [0.15, 0.2) is 69.3 Å². The van der Waals surface area contributed by atoms with E-state index in [0.29, 0.717) is 24.3 Å². The summed E-state index contributed by atoms with van der Waals surface area (Å²) in [7, 11) is -4.01. The lowest BCUT2D eigenvalue weighted by molar-refractivity contribution is -0.274. The molecule has 3 saturated carbocycles. The molecule has 1 heterocycles. The third kappa shape index (κ3) is 5.39. The van der Waals surface area contributed by atoms with E-state index >= 15 is 0 Å². The Bertz CT molecular complexity index is 1520. The van der Waals surface area contributed by atoms with Crippen LogP contribution in [-0.4, -0.2) is 47.5 Å². The number of hydrogen-bond donors (Lipinski definition) is 2. The summed E-state index contributed by atoms with van der Waals surface area (Å²) in [5, 5.41) is 24.4. The molecular formula is C32H38F3NO5S2. The lowest BCUT2D eigenvalue weighted by Gasteiger charge is -2.56. The van der Waals surface area contributed by atoms with Crippen LogP contribution in [0.3, 0.4) is 0 Å². The summed E-state index contributed by atoms with van der Waals surface area (Å²) in [6.07, 6.45) is 4.47. The van der Waals surface area contributed by atoms with Gasteiger partial charge in [0, 0.05) is 18.5 Å². The SMILES string of the molecule is CC12CCC(O)CC1=CC=C1C2CCC2(C)C1CCC2(O)CN(Cc1ccc(OC(F)(F)F)cc1)S(=O)(=O)c1cccs1. The number of sulfonamides is 1. The van der Waals surface area contributed by atoms with Crippen molar-refractivity contribution in [1.29, 1.82) is 0 Å². The van der Waals surface area contributed by atoms with Crippen LogP contribution in [0.25, 0.3) is 0 Å². The Morgan fingerprint density at radius 3 is 2.42 bits per heavy atom. The van der Waals surface area contributed by atoms with E-state index in [4.69, 9.17) is 0 Å². The molecule has 1 aromatic carbocycles. The molecule has 0 radical (unpaired) electrons. The quantitative estimate of drug-likeness (QED) is 0.348. The zero-order valence-electron chi connectivity index (χ0n) is 24.3. The van der Waals surface area contributed by atoms with E-state index in [0.717, 1.165) is 43.4 Å². The second-order valence-electron chi connectivity index (χ2n) is 13.2. The first kappa shape index (κ1) is 30.8. The number of benzene rings is 1. The summed E-state index contributed by atoms with van der Waals surface area (Å²) in [5.74, 6) is 0.0520. The van der Waals surface area contributed by atoms with Crippen LogP contribution < -0.4 is 4.74 Å². The van der Waals surface area contributed by atoms with Gasteiger partial charge in [-0.15, -0.1) is 24.5 Å². The number of nitrogens with zero attached hydrogens (tertiary/aromatic N) is 1. The molecule has 234 valence electrons. The zero-order chi connectivity index (χ0) is 30.8. The van der Waals surface area contributed by atoms with Crippen molar-refractivity contribution in [2.24, 2.45) is 22.7 Å². The van der Waals surface area contributed by atoms with E-state index in [1.807, 2.05) is 0 Å².